The van der Waals surface area contributed by atoms with Gasteiger partial charge in [0.15, 0.2) is 0 Å². The Balaban J connectivity index is 3.53. The van der Waals surface area contributed by atoms with E-state index in [1.807, 2.05) is 0 Å². The van der Waals surface area contributed by atoms with Gasteiger partial charge in [-0.05, 0) is 32.6 Å². The highest BCUT2D eigenvalue weighted by atomic mass is 16.3. The maximum absolute atomic E-state index is 9.42. The van der Waals surface area contributed by atoms with E-state index in [2.05, 4.69) is 33.8 Å². The molecule has 1 N–H and O–H groups in total. The van der Waals surface area contributed by atoms with Crippen LogP contribution < -0.4 is 0 Å². The fourth-order valence-electron chi connectivity index (χ4n) is 1.01. The van der Waals surface area contributed by atoms with Gasteiger partial charge in [-0.15, -0.1) is 0 Å². The van der Waals surface area contributed by atoms with Gasteiger partial charge in [-0.2, -0.15) is 0 Å². The van der Waals surface area contributed by atoms with E-state index in [0.29, 0.717) is 5.92 Å². The Morgan fingerprint density at radius 1 is 1.36 bits per heavy atom. The second-order valence-corrected chi connectivity index (χ2v) is 3.80. The van der Waals surface area contributed by atoms with Crippen LogP contribution in [0.5, 0.6) is 0 Å². The molecule has 0 heterocycles. The Morgan fingerprint density at radius 2 is 1.91 bits per heavy atom. The Morgan fingerprint density at radius 3 is 2.27 bits per heavy atom. The van der Waals surface area contributed by atoms with E-state index >= 15 is 0 Å². The first kappa shape index (κ1) is 10.7. The van der Waals surface area contributed by atoms with Crippen LogP contribution in [0.2, 0.25) is 0 Å². The minimum Gasteiger partial charge on any atom is -0.393 e. The van der Waals surface area contributed by atoms with Crippen molar-refractivity contribution in [2.24, 2.45) is 5.92 Å². The average Bonchev–Trinajstić information content (AvgIpc) is 1.82. The molecule has 0 amide bonds. The van der Waals surface area contributed by atoms with Gasteiger partial charge in [0.2, 0.25) is 0 Å². The quantitative estimate of drug-likeness (QED) is 0.620. The third-order valence-corrected chi connectivity index (χ3v) is 1.54. The predicted molar refractivity (Wildman–Crippen MR) is 49.5 cm³/mol. The molecule has 0 saturated heterocycles. The number of rotatable bonds is 4. The first-order chi connectivity index (χ1) is 5.02. The molecule has 0 spiro atoms. The number of aliphatic hydroxyl groups excluding tert-OH is 1. The lowest BCUT2D eigenvalue weighted by Crippen LogP contribution is -2.08. The molecular weight excluding hydrogens is 136 g/mol. The van der Waals surface area contributed by atoms with E-state index in [0.717, 1.165) is 12.8 Å². The summed E-state index contributed by atoms with van der Waals surface area (Å²) in [5.74, 6) is 0.593. The standard InChI is InChI=1S/C10H20O/c1-8(2)5-6-10(11)7-9(3)4/h5,9-11H,6-7H2,1-4H3. The SMILES string of the molecule is CC(C)=CCC(O)CC(C)C. The topological polar surface area (TPSA) is 20.2 Å². The molecule has 1 atom stereocenters. The molecule has 1 heteroatoms. The smallest absolute Gasteiger partial charge is 0.0577 e. The van der Waals surface area contributed by atoms with Crippen molar-refractivity contribution in [2.45, 2.75) is 46.6 Å². The molecule has 0 fully saturated rings. The van der Waals surface area contributed by atoms with Gasteiger partial charge in [-0.25, -0.2) is 0 Å². The minimum absolute atomic E-state index is 0.148. The monoisotopic (exact) mass is 156 g/mol. The molecule has 1 nitrogen and oxygen atoms in total. The van der Waals surface area contributed by atoms with Crippen LogP contribution in [0.25, 0.3) is 0 Å². The summed E-state index contributed by atoms with van der Waals surface area (Å²) in [4.78, 5) is 0. The number of allylic oxidation sites excluding steroid dienone is 1. The highest BCUT2D eigenvalue weighted by Crippen LogP contribution is 2.08. The van der Waals surface area contributed by atoms with Crippen LogP contribution in [0.1, 0.15) is 40.5 Å². The van der Waals surface area contributed by atoms with Crippen molar-refractivity contribution >= 4 is 0 Å². The lowest BCUT2D eigenvalue weighted by atomic mass is 10.0. The molecule has 0 rings (SSSR count). The highest BCUT2D eigenvalue weighted by Gasteiger charge is 2.03. The second-order valence-electron chi connectivity index (χ2n) is 3.80. The molecule has 1 unspecified atom stereocenters. The van der Waals surface area contributed by atoms with Crippen LogP contribution in [0, 0.1) is 5.92 Å². The third kappa shape index (κ3) is 7.60. The lowest BCUT2D eigenvalue weighted by Gasteiger charge is -2.10. The summed E-state index contributed by atoms with van der Waals surface area (Å²) in [7, 11) is 0. The van der Waals surface area contributed by atoms with Crippen LogP contribution in [0.4, 0.5) is 0 Å². The van der Waals surface area contributed by atoms with Crippen LogP contribution in [-0.2, 0) is 0 Å². The fraction of sp³-hybridized carbons (Fsp3) is 0.800. The molecule has 0 saturated carbocycles. The third-order valence-electron chi connectivity index (χ3n) is 1.54. The molecule has 66 valence electrons. The van der Waals surface area contributed by atoms with Gasteiger partial charge in [0.05, 0.1) is 6.10 Å². The molecule has 0 aliphatic rings. The Hall–Kier alpha value is -0.300. The zero-order valence-corrected chi connectivity index (χ0v) is 8.09. The second kappa shape index (κ2) is 5.36. The fourth-order valence-corrected chi connectivity index (χ4v) is 1.01. The Bertz CT molecular complexity index is 121. The minimum atomic E-state index is -0.148. The normalized spacial score (nSPS) is 13.3. The molecule has 0 aliphatic carbocycles. The summed E-state index contributed by atoms with van der Waals surface area (Å²) >= 11 is 0. The van der Waals surface area contributed by atoms with Crippen LogP contribution in [0.3, 0.4) is 0 Å². The Labute approximate surface area is 70.1 Å². The van der Waals surface area contributed by atoms with Crippen molar-refractivity contribution in [3.05, 3.63) is 11.6 Å². The van der Waals surface area contributed by atoms with Gasteiger partial charge >= 0.3 is 0 Å². The van der Waals surface area contributed by atoms with Crippen molar-refractivity contribution in [1.82, 2.24) is 0 Å². The lowest BCUT2D eigenvalue weighted by molar-refractivity contribution is 0.151. The molecule has 0 bridgehead atoms. The van der Waals surface area contributed by atoms with Crippen LogP contribution in [0.15, 0.2) is 11.6 Å². The first-order valence-corrected chi connectivity index (χ1v) is 4.33. The van der Waals surface area contributed by atoms with Gasteiger partial charge < -0.3 is 5.11 Å². The van der Waals surface area contributed by atoms with Crippen molar-refractivity contribution in [1.29, 1.82) is 0 Å². The maximum atomic E-state index is 9.42. The van der Waals surface area contributed by atoms with Gasteiger partial charge in [-0.3, -0.25) is 0 Å². The van der Waals surface area contributed by atoms with Crippen molar-refractivity contribution in [3.63, 3.8) is 0 Å². The first-order valence-electron chi connectivity index (χ1n) is 4.33. The van der Waals surface area contributed by atoms with Crippen molar-refractivity contribution < 1.29 is 5.11 Å². The molecule has 0 aliphatic heterocycles. The average molecular weight is 156 g/mol. The van der Waals surface area contributed by atoms with Crippen LogP contribution >= 0.6 is 0 Å². The van der Waals surface area contributed by atoms with Gasteiger partial charge in [-0.1, -0.05) is 25.5 Å². The summed E-state index contributed by atoms with van der Waals surface area (Å²) in [6, 6.07) is 0. The summed E-state index contributed by atoms with van der Waals surface area (Å²) in [6.07, 6.45) is 3.65. The molecule has 0 aromatic heterocycles. The predicted octanol–water partition coefficient (Wildman–Crippen LogP) is 2.75. The molecule has 11 heavy (non-hydrogen) atoms. The van der Waals surface area contributed by atoms with E-state index in [1.54, 1.807) is 0 Å². The number of hydrogen-bond acceptors (Lipinski definition) is 1. The van der Waals surface area contributed by atoms with Gasteiger partial charge in [0, 0.05) is 0 Å². The van der Waals surface area contributed by atoms with Crippen LogP contribution in [-0.4, -0.2) is 11.2 Å². The summed E-state index contributed by atoms with van der Waals surface area (Å²) in [5, 5.41) is 9.42. The van der Waals surface area contributed by atoms with E-state index in [4.69, 9.17) is 0 Å². The van der Waals surface area contributed by atoms with E-state index in [-0.39, 0.29) is 6.10 Å². The summed E-state index contributed by atoms with van der Waals surface area (Å²) in [6.45, 7) is 8.38. The van der Waals surface area contributed by atoms with E-state index in [9.17, 15) is 5.11 Å². The Kier molecular flexibility index (Phi) is 5.22. The molecular formula is C10H20O. The summed E-state index contributed by atoms with van der Waals surface area (Å²) < 4.78 is 0. The van der Waals surface area contributed by atoms with Gasteiger partial charge in [0.25, 0.3) is 0 Å². The summed E-state index contributed by atoms with van der Waals surface area (Å²) in [5.41, 5.74) is 1.29. The van der Waals surface area contributed by atoms with Crippen molar-refractivity contribution in [2.75, 3.05) is 0 Å². The zero-order valence-electron chi connectivity index (χ0n) is 8.09. The molecule has 0 aromatic rings. The zero-order chi connectivity index (χ0) is 8.85. The largest absolute Gasteiger partial charge is 0.393 e. The van der Waals surface area contributed by atoms with E-state index < -0.39 is 0 Å². The molecule has 0 aromatic carbocycles. The van der Waals surface area contributed by atoms with Crippen molar-refractivity contribution in [3.8, 4) is 0 Å². The highest BCUT2D eigenvalue weighted by molar-refractivity contribution is 4.94. The van der Waals surface area contributed by atoms with Gasteiger partial charge in [0.1, 0.15) is 0 Å². The van der Waals surface area contributed by atoms with E-state index in [1.165, 1.54) is 5.57 Å². The number of hydrogen-bond donors (Lipinski definition) is 1. The number of aliphatic hydroxyl groups is 1. The maximum Gasteiger partial charge on any atom is 0.0577 e. The molecule has 0 radical (unpaired) electrons.